The Bertz CT molecular complexity index is 1540. The molecule has 8 nitrogen and oxygen atoms in total. The van der Waals surface area contributed by atoms with E-state index in [1.807, 2.05) is 55.5 Å². The third-order valence-electron chi connectivity index (χ3n) is 4.85. The number of hydrogen-bond acceptors (Lipinski definition) is 8. The molecule has 0 bridgehead atoms. The van der Waals surface area contributed by atoms with Crippen molar-refractivity contribution in [3.63, 3.8) is 0 Å². The number of thioether (sulfide) groups is 1. The summed E-state index contributed by atoms with van der Waals surface area (Å²) in [6.45, 7) is 1.90. The van der Waals surface area contributed by atoms with Gasteiger partial charge in [0.2, 0.25) is 11.9 Å². The fraction of sp³-hybridized carbons (Fsp3) is 0.0833. The highest BCUT2D eigenvalue weighted by Gasteiger charge is 2.12. The Morgan fingerprint density at radius 1 is 1.00 bits per heavy atom. The zero-order valence-electron chi connectivity index (χ0n) is 18.0. The van der Waals surface area contributed by atoms with Crippen LogP contribution in [-0.4, -0.2) is 29.9 Å². The van der Waals surface area contributed by atoms with Gasteiger partial charge in [-0.25, -0.2) is 24.9 Å². The number of aromatic nitrogens is 6. The topological polar surface area (TPSA) is 109 Å². The quantitative estimate of drug-likeness (QED) is 0.249. The van der Waals surface area contributed by atoms with Crippen molar-refractivity contribution < 1.29 is 0 Å². The van der Waals surface area contributed by atoms with Crippen molar-refractivity contribution in [1.82, 2.24) is 29.9 Å². The Morgan fingerprint density at radius 3 is 2.68 bits per heavy atom. The number of aryl methyl sites for hydroxylation is 1. The van der Waals surface area contributed by atoms with Crippen LogP contribution in [0.2, 0.25) is 5.02 Å². The summed E-state index contributed by atoms with van der Waals surface area (Å²) in [5.41, 5.74) is 3.53. The van der Waals surface area contributed by atoms with E-state index in [1.54, 1.807) is 12.3 Å². The summed E-state index contributed by atoms with van der Waals surface area (Å²) in [6.07, 6.45) is 1.71. The summed E-state index contributed by atoms with van der Waals surface area (Å²) >= 11 is 7.64. The van der Waals surface area contributed by atoms with Gasteiger partial charge in [0.05, 0.1) is 16.9 Å². The van der Waals surface area contributed by atoms with Gasteiger partial charge in [0, 0.05) is 39.7 Å². The SMILES string of the molecule is Cc1ccnc(SCc2cc(=O)[nH]c(Nc3nc(-c4ccccc4)c4cc(Cl)ccc4n3)n2)n1. The fourth-order valence-electron chi connectivity index (χ4n) is 3.35. The Balaban J connectivity index is 1.47. The molecule has 168 valence electrons. The minimum absolute atomic E-state index is 0.251. The number of benzene rings is 2. The van der Waals surface area contributed by atoms with E-state index in [0.29, 0.717) is 33.1 Å². The van der Waals surface area contributed by atoms with Crippen LogP contribution >= 0.6 is 23.4 Å². The lowest BCUT2D eigenvalue weighted by atomic mass is 10.1. The van der Waals surface area contributed by atoms with Crippen LogP contribution < -0.4 is 10.9 Å². The van der Waals surface area contributed by atoms with E-state index >= 15 is 0 Å². The van der Waals surface area contributed by atoms with E-state index in [0.717, 1.165) is 22.3 Å². The summed E-state index contributed by atoms with van der Waals surface area (Å²) in [5.74, 6) is 0.998. The van der Waals surface area contributed by atoms with E-state index in [2.05, 4.69) is 30.2 Å². The first-order valence-electron chi connectivity index (χ1n) is 10.4. The van der Waals surface area contributed by atoms with Crippen LogP contribution in [0.3, 0.4) is 0 Å². The fourth-order valence-corrected chi connectivity index (χ4v) is 4.29. The molecule has 5 rings (SSSR count). The molecule has 2 N–H and O–H groups in total. The van der Waals surface area contributed by atoms with Gasteiger partial charge in [0.1, 0.15) is 0 Å². The maximum absolute atomic E-state index is 12.3. The number of anilines is 2. The maximum atomic E-state index is 12.3. The molecule has 0 aliphatic heterocycles. The summed E-state index contributed by atoms with van der Waals surface area (Å²) in [6, 6.07) is 18.5. The molecule has 0 aliphatic rings. The monoisotopic (exact) mass is 487 g/mol. The first-order valence-corrected chi connectivity index (χ1v) is 11.7. The molecular formula is C24H18ClN7OS. The van der Waals surface area contributed by atoms with Crippen LogP contribution in [0.15, 0.2) is 76.8 Å². The second-order valence-corrected chi connectivity index (χ2v) is 8.78. The first kappa shape index (κ1) is 22.0. The molecule has 0 spiro atoms. The molecule has 5 aromatic rings. The predicted octanol–water partition coefficient (Wildman–Crippen LogP) is 5.17. The van der Waals surface area contributed by atoms with Crippen LogP contribution in [0.4, 0.5) is 11.9 Å². The summed E-state index contributed by atoms with van der Waals surface area (Å²) in [4.78, 5) is 37.4. The van der Waals surface area contributed by atoms with Gasteiger partial charge in [-0.05, 0) is 31.2 Å². The average Bonchev–Trinajstić information content (AvgIpc) is 2.83. The molecule has 10 heteroatoms. The van der Waals surface area contributed by atoms with Crippen LogP contribution in [0.5, 0.6) is 0 Å². The second kappa shape index (κ2) is 9.58. The van der Waals surface area contributed by atoms with Crippen LogP contribution in [0.1, 0.15) is 11.4 Å². The van der Waals surface area contributed by atoms with Crippen molar-refractivity contribution in [3.05, 3.63) is 93.6 Å². The molecule has 3 aromatic heterocycles. The van der Waals surface area contributed by atoms with Gasteiger partial charge in [-0.1, -0.05) is 53.7 Å². The zero-order valence-corrected chi connectivity index (χ0v) is 19.6. The second-order valence-electron chi connectivity index (χ2n) is 7.40. The first-order chi connectivity index (χ1) is 16.5. The highest BCUT2D eigenvalue weighted by molar-refractivity contribution is 7.98. The van der Waals surface area contributed by atoms with Gasteiger partial charge in [0.15, 0.2) is 5.16 Å². The van der Waals surface area contributed by atoms with Gasteiger partial charge in [0.25, 0.3) is 5.56 Å². The number of fused-ring (bicyclic) bond motifs is 1. The van der Waals surface area contributed by atoms with Crippen LogP contribution in [0.25, 0.3) is 22.2 Å². The molecule has 0 radical (unpaired) electrons. The van der Waals surface area contributed by atoms with Gasteiger partial charge in [-0.3, -0.25) is 15.1 Å². The smallest absolute Gasteiger partial charge is 0.252 e. The molecule has 0 fully saturated rings. The van der Waals surface area contributed by atoms with Crippen molar-refractivity contribution in [1.29, 1.82) is 0 Å². The lowest BCUT2D eigenvalue weighted by molar-refractivity contribution is 0.929. The number of nitrogens with zero attached hydrogens (tertiary/aromatic N) is 5. The predicted molar refractivity (Wildman–Crippen MR) is 134 cm³/mol. The molecule has 0 atom stereocenters. The average molecular weight is 488 g/mol. The van der Waals surface area contributed by atoms with E-state index in [9.17, 15) is 4.79 Å². The Kier molecular flexibility index (Phi) is 6.20. The lowest BCUT2D eigenvalue weighted by Gasteiger charge is -2.11. The molecular weight excluding hydrogens is 470 g/mol. The van der Waals surface area contributed by atoms with Crippen molar-refractivity contribution in [2.24, 2.45) is 0 Å². The molecule has 0 amide bonds. The molecule has 0 aliphatic carbocycles. The summed E-state index contributed by atoms with van der Waals surface area (Å²) in [7, 11) is 0. The van der Waals surface area contributed by atoms with Gasteiger partial charge in [-0.2, -0.15) is 0 Å². The maximum Gasteiger partial charge on any atom is 0.252 e. The lowest BCUT2D eigenvalue weighted by Crippen LogP contribution is -2.13. The molecule has 3 heterocycles. The molecule has 0 saturated heterocycles. The van der Waals surface area contributed by atoms with Gasteiger partial charge >= 0.3 is 0 Å². The molecule has 0 unspecified atom stereocenters. The number of aromatic amines is 1. The molecule has 34 heavy (non-hydrogen) atoms. The number of nitrogens with one attached hydrogen (secondary N) is 2. The third-order valence-corrected chi connectivity index (χ3v) is 5.98. The Hall–Kier alpha value is -3.82. The number of hydrogen-bond donors (Lipinski definition) is 2. The van der Waals surface area contributed by atoms with Crippen LogP contribution in [-0.2, 0) is 5.75 Å². The van der Waals surface area contributed by atoms with E-state index in [-0.39, 0.29) is 11.5 Å². The normalized spacial score (nSPS) is 11.0. The van der Waals surface area contributed by atoms with E-state index in [1.165, 1.54) is 17.8 Å². The van der Waals surface area contributed by atoms with Crippen molar-refractivity contribution in [2.75, 3.05) is 5.32 Å². The summed E-state index contributed by atoms with van der Waals surface area (Å²) in [5, 5.41) is 5.10. The van der Waals surface area contributed by atoms with E-state index in [4.69, 9.17) is 16.6 Å². The van der Waals surface area contributed by atoms with Crippen LogP contribution in [0, 0.1) is 6.92 Å². The highest BCUT2D eigenvalue weighted by Crippen LogP contribution is 2.29. The Labute approximate surface area is 203 Å². The Morgan fingerprint density at radius 2 is 1.85 bits per heavy atom. The van der Waals surface area contributed by atoms with Gasteiger partial charge in [-0.15, -0.1) is 0 Å². The largest absolute Gasteiger partial charge is 0.294 e. The van der Waals surface area contributed by atoms with Crippen molar-refractivity contribution in [2.45, 2.75) is 17.8 Å². The zero-order chi connectivity index (χ0) is 23.5. The van der Waals surface area contributed by atoms with E-state index < -0.39 is 0 Å². The highest BCUT2D eigenvalue weighted by atomic mass is 35.5. The molecule has 2 aromatic carbocycles. The minimum atomic E-state index is -0.283. The third kappa shape index (κ3) is 5.05. The number of halogens is 1. The molecule has 0 saturated carbocycles. The van der Waals surface area contributed by atoms with Gasteiger partial charge < -0.3 is 0 Å². The van der Waals surface area contributed by atoms with Crippen molar-refractivity contribution >= 4 is 46.2 Å². The number of rotatable bonds is 6. The minimum Gasteiger partial charge on any atom is -0.294 e. The number of H-pyrrole nitrogens is 1. The standard InChI is InChI=1S/C24H18ClN7OS/c1-14-9-10-26-24(27-14)34-13-17-12-20(33)30-22(28-17)32-23-29-19-8-7-16(25)11-18(19)21(31-23)15-5-3-2-4-6-15/h2-12H,13H2,1H3,(H2,28,29,30,31,32,33). The summed E-state index contributed by atoms with van der Waals surface area (Å²) < 4.78 is 0. The van der Waals surface area contributed by atoms with Crippen molar-refractivity contribution in [3.8, 4) is 11.3 Å².